The number of hydrogen-bond acceptors (Lipinski definition) is 3. The largest absolute Gasteiger partial charge is 0.359 e. The highest BCUT2D eigenvalue weighted by Gasteiger charge is 2.25. The summed E-state index contributed by atoms with van der Waals surface area (Å²) in [5.74, 6) is 2.26. The maximum atomic E-state index is 5.23. The molecule has 0 amide bonds. The van der Waals surface area contributed by atoms with E-state index in [-0.39, 0.29) is 0 Å². The number of fused-ring (bicyclic) bond motifs is 2. The highest BCUT2D eigenvalue weighted by molar-refractivity contribution is 6.04. The van der Waals surface area contributed by atoms with E-state index in [0.717, 1.165) is 54.8 Å². The van der Waals surface area contributed by atoms with Crippen molar-refractivity contribution in [2.75, 3.05) is 29.9 Å². The quantitative estimate of drug-likeness (QED) is 0.684. The molecule has 0 atom stereocenters. The molecule has 5 rings (SSSR count). The third-order valence-corrected chi connectivity index (χ3v) is 5.40. The van der Waals surface area contributed by atoms with E-state index in [1.807, 2.05) is 0 Å². The lowest BCUT2D eigenvalue weighted by Gasteiger charge is -2.20. The summed E-state index contributed by atoms with van der Waals surface area (Å²) in [4.78, 5) is 14.7. The van der Waals surface area contributed by atoms with E-state index in [4.69, 9.17) is 9.98 Å². The smallest absolute Gasteiger partial charge is 0.134 e. The van der Waals surface area contributed by atoms with Crippen LogP contribution in [-0.4, -0.2) is 31.0 Å². The third-order valence-electron chi connectivity index (χ3n) is 5.40. The van der Waals surface area contributed by atoms with Gasteiger partial charge in [0.25, 0.3) is 0 Å². The van der Waals surface area contributed by atoms with Crippen molar-refractivity contribution in [2.24, 2.45) is 4.99 Å². The van der Waals surface area contributed by atoms with Gasteiger partial charge in [0.1, 0.15) is 11.7 Å². The second kappa shape index (κ2) is 6.13. The van der Waals surface area contributed by atoms with Gasteiger partial charge in [-0.15, -0.1) is 0 Å². The molecule has 0 saturated carbocycles. The van der Waals surface area contributed by atoms with Crippen LogP contribution in [0.25, 0.3) is 10.9 Å². The first-order chi connectivity index (χ1) is 12.8. The highest BCUT2D eigenvalue weighted by atomic mass is 15.2. The predicted molar refractivity (Wildman–Crippen MR) is 109 cm³/mol. The van der Waals surface area contributed by atoms with E-state index in [9.17, 15) is 0 Å². The zero-order chi connectivity index (χ0) is 17.5. The summed E-state index contributed by atoms with van der Waals surface area (Å²) < 4.78 is 0. The maximum Gasteiger partial charge on any atom is 0.134 e. The SMILES string of the molecule is CN1CCc2c1nc1ccccc1c2N=C1CCCN1c1ccccc1. The number of benzene rings is 2. The van der Waals surface area contributed by atoms with Gasteiger partial charge in [0.15, 0.2) is 0 Å². The van der Waals surface area contributed by atoms with Crippen molar-refractivity contribution in [1.82, 2.24) is 4.98 Å². The molecular weight excluding hydrogens is 320 g/mol. The minimum atomic E-state index is 1.01. The zero-order valence-corrected chi connectivity index (χ0v) is 15.0. The Hall–Kier alpha value is -2.88. The number of nitrogens with zero attached hydrogens (tertiary/aromatic N) is 4. The van der Waals surface area contributed by atoms with E-state index in [1.54, 1.807) is 0 Å². The van der Waals surface area contributed by atoms with Crippen molar-refractivity contribution in [3.63, 3.8) is 0 Å². The summed E-state index contributed by atoms with van der Waals surface area (Å²) in [5.41, 5.74) is 4.67. The van der Waals surface area contributed by atoms with Gasteiger partial charge in [-0.3, -0.25) is 0 Å². The van der Waals surface area contributed by atoms with Crippen LogP contribution in [0.15, 0.2) is 59.6 Å². The molecule has 0 bridgehead atoms. The molecule has 130 valence electrons. The Balaban J connectivity index is 1.68. The van der Waals surface area contributed by atoms with Gasteiger partial charge in [-0.2, -0.15) is 0 Å². The molecule has 3 aromatic rings. The number of aromatic nitrogens is 1. The molecule has 2 aliphatic heterocycles. The standard InChI is InChI=1S/C22H22N4/c1-25-15-13-18-21(17-10-5-6-11-19(17)23-22(18)25)24-20-12-7-14-26(20)16-8-3-2-4-9-16/h2-6,8-11H,7,12-15H2,1H3. The zero-order valence-electron chi connectivity index (χ0n) is 15.0. The van der Waals surface area contributed by atoms with Crippen LogP contribution in [0.5, 0.6) is 0 Å². The first-order valence-electron chi connectivity index (χ1n) is 9.34. The fourth-order valence-corrected chi connectivity index (χ4v) is 4.07. The molecule has 1 saturated heterocycles. The van der Waals surface area contributed by atoms with Crippen LogP contribution in [0.4, 0.5) is 17.2 Å². The Morgan fingerprint density at radius 2 is 1.73 bits per heavy atom. The molecule has 1 aromatic heterocycles. The average molecular weight is 342 g/mol. The van der Waals surface area contributed by atoms with E-state index >= 15 is 0 Å². The maximum absolute atomic E-state index is 5.23. The number of aliphatic imine (C=N–C) groups is 1. The van der Waals surface area contributed by atoms with Gasteiger partial charge in [0.05, 0.1) is 11.2 Å². The lowest BCUT2D eigenvalue weighted by molar-refractivity contribution is 0.947. The second-order valence-corrected chi connectivity index (χ2v) is 7.07. The predicted octanol–water partition coefficient (Wildman–Crippen LogP) is 4.56. The van der Waals surface area contributed by atoms with Crippen LogP contribution in [0.3, 0.4) is 0 Å². The van der Waals surface area contributed by atoms with Crippen LogP contribution in [0, 0.1) is 0 Å². The van der Waals surface area contributed by atoms with Gasteiger partial charge in [0, 0.05) is 43.2 Å². The number of para-hydroxylation sites is 2. The molecule has 2 aromatic carbocycles. The first kappa shape index (κ1) is 15.4. The number of hydrogen-bond donors (Lipinski definition) is 0. The molecule has 0 N–H and O–H groups in total. The van der Waals surface area contributed by atoms with Crippen molar-refractivity contribution in [2.45, 2.75) is 19.3 Å². The number of anilines is 2. The van der Waals surface area contributed by atoms with Gasteiger partial charge in [-0.05, 0) is 31.0 Å². The Bertz CT molecular complexity index is 994. The minimum absolute atomic E-state index is 1.01. The molecule has 1 fully saturated rings. The Kier molecular flexibility index (Phi) is 3.63. The van der Waals surface area contributed by atoms with Crippen LogP contribution in [0.1, 0.15) is 18.4 Å². The van der Waals surface area contributed by atoms with E-state index in [0.29, 0.717) is 0 Å². The van der Waals surface area contributed by atoms with Gasteiger partial charge in [0.2, 0.25) is 0 Å². The minimum Gasteiger partial charge on any atom is -0.359 e. The summed E-state index contributed by atoms with van der Waals surface area (Å²) in [6, 6.07) is 19.0. The van der Waals surface area contributed by atoms with Crippen LogP contribution in [0.2, 0.25) is 0 Å². The molecule has 4 heteroatoms. The molecule has 0 radical (unpaired) electrons. The normalized spacial score (nSPS) is 18.1. The van der Waals surface area contributed by atoms with Crippen molar-refractivity contribution >= 4 is 33.9 Å². The van der Waals surface area contributed by atoms with Crippen molar-refractivity contribution in [1.29, 1.82) is 0 Å². The fourth-order valence-electron chi connectivity index (χ4n) is 4.07. The molecule has 26 heavy (non-hydrogen) atoms. The van der Waals surface area contributed by atoms with Gasteiger partial charge < -0.3 is 9.80 Å². The fraction of sp³-hybridized carbons (Fsp3) is 0.273. The molecule has 2 aliphatic rings. The lowest BCUT2D eigenvalue weighted by atomic mass is 10.1. The molecule has 3 heterocycles. The molecule has 4 nitrogen and oxygen atoms in total. The highest BCUT2D eigenvalue weighted by Crippen LogP contribution is 2.39. The van der Waals surface area contributed by atoms with Crippen molar-refractivity contribution in [3.8, 4) is 0 Å². The Morgan fingerprint density at radius 1 is 0.923 bits per heavy atom. The van der Waals surface area contributed by atoms with Gasteiger partial charge in [-0.1, -0.05) is 36.4 Å². The Labute approximate surface area is 153 Å². The lowest BCUT2D eigenvalue weighted by Crippen LogP contribution is -2.23. The number of pyridine rings is 1. The summed E-state index contributed by atoms with van der Waals surface area (Å²) in [7, 11) is 2.12. The molecular formula is C22H22N4. The van der Waals surface area contributed by atoms with Crippen molar-refractivity contribution < 1.29 is 0 Å². The van der Waals surface area contributed by atoms with E-state index in [1.165, 1.54) is 17.1 Å². The van der Waals surface area contributed by atoms with Crippen LogP contribution in [-0.2, 0) is 6.42 Å². The van der Waals surface area contributed by atoms with Gasteiger partial charge >= 0.3 is 0 Å². The van der Waals surface area contributed by atoms with Gasteiger partial charge in [-0.25, -0.2) is 9.98 Å². The second-order valence-electron chi connectivity index (χ2n) is 7.07. The summed E-state index contributed by atoms with van der Waals surface area (Å²) in [6.45, 7) is 2.05. The van der Waals surface area contributed by atoms with E-state index < -0.39 is 0 Å². The number of amidine groups is 1. The number of rotatable bonds is 2. The summed E-state index contributed by atoms with van der Waals surface area (Å²) >= 11 is 0. The third kappa shape index (κ3) is 2.45. The monoisotopic (exact) mass is 342 g/mol. The molecule has 0 aliphatic carbocycles. The van der Waals surface area contributed by atoms with Crippen LogP contribution < -0.4 is 9.80 Å². The summed E-state index contributed by atoms with van der Waals surface area (Å²) in [6.07, 6.45) is 3.19. The van der Waals surface area contributed by atoms with Crippen molar-refractivity contribution in [3.05, 3.63) is 60.2 Å². The van der Waals surface area contributed by atoms with E-state index in [2.05, 4.69) is 71.4 Å². The molecule has 0 spiro atoms. The number of likely N-dealkylation sites (N-methyl/N-ethyl adjacent to an activating group) is 1. The van der Waals surface area contributed by atoms with Crippen LogP contribution >= 0.6 is 0 Å². The average Bonchev–Trinajstić information content (AvgIpc) is 3.29. The topological polar surface area (TPSA) is 31.7 Å². The summed E-state index contributed by atoms with van der Waals surface area (Å²) in [5, 5.41) is 1.16. The first-order valence-corrected chi connectivity index (χ1v) is 9.34. The molecule has 0 unspecified atom stereocenters. The Morgan fingerprint density at radius 3 is 2.62 bits per heavy atom.